The average Bonchev–Trinajstić information content (AvgIpc) is 3.78. The first-order chi connectivity index (χ1) is 17.0. The molecule has 2 aliphatic heterocycles. The molecule has 9 heteroatoms. The van der Waals surface area contributed by atoms with Crippen LogP contribution in [0.25, 0.3) is 0 Å². The van der Waals surface area contributed by atoms with Gasteiger partial charge in [0.25, 0.3) is 5.91 Å². The Labute approximate surface area is 206 Å². The van der Waals surface area contributed by atoms with Gasteiger partial charge in [-0.1, -0.05) is 13.8 Å². The number of carbonyl (C=O) groups is 1. The van der Waals surface area contributed by atoms with Crippen LogP contribution in [0.4, 0.5) is 5.69 Å². The van der Waals surface area contributed by atoms with Crippen molar-refractivity contribution >= 4 is 11.6 Å². The van der Waals surface area contributed by atoms with Crippen LogP contribution >= 0.6 is 0 Å². The lowest BCUT2D eigenvalue weighted by molar-refractivity contribution is 0.0210. The Bertz CT molecular complexity index is 1060. The van der Waals surface area contributed by atoms with E-state index in [2.05, 4.69) is 40.7 Å². The van der Waals surface area contributed by atoms with Crippen molar-refractivity contribution in [3.05, 3.63) is 35.3 Å². The largest absolute Gasteiger partial charge is 0.425 e. The van der Waals surface area contributed by atoms with E-state index in [9.17, 15) is 4.79 Å². The van der Waals surface area contributed by atoms with Crippen LogP contribution < -0.4 is 10.6 Å². The van der Waals surface area contributed by atoms with Crippen LogP contribution in [-0.2, 0) is 4.74 Å². The fourth-order valence-corrected chi connectivity index (χ4v) is 5.12. The standard InChI is InChI=1S/C26H36N6O3/c1-15(2)12-32(21-7-19(9-27-11-21)25-31-30-24(35-25)17-5-6-17)26(33)23-22(29-20-13-34-14-20)8-18(10-28-23)16-3-4-16/h8,10,15-17,19-21,27,29H,3-7,9,11-14H2,1-2H3/t19?,21-/m0/s1. The van der Waals surface area contributed by atoms with E-state index in [1.54, 1.807) is 0 Å². The van der Waals surface area contributed by atoms with Crippen molar-refractivity contribution in [2.75, 3.05) is 38.2 Å². The average molecular weight is 481 g/mol. The molecule has 0 spiro atoms. The highest BCUT2D eigenvalue weighted by molar-refractivity contribution is 5.98. The van der Waals surface area contributed by atoms with Gasteiger partial charge in [0.2, 0.25) is 11.8 Å². The third kappa shape index (κ3) is 5.07. The molecule has 2 aliphatic carbocycles. The summed E-state index contributed by atoms with van der Waals surface area (Å²) in [6, 6.07) is 2.41. The number of carbonyl (C=O) groups excluding carboxylic acids is 1. The number of piperidine rings is 1. The Morgan fingerprint density at radius 1 is 1.11 bits per heavy atom. The minimum atomic E-state index is -0.0135. The molecule has 2 saturated heterocycles. The maximum Gasteiger partial charge on any atom is 0.274 e. The van der Waals surface area contributed by atoms with Gasteiger partial charge in [-0.05, 0) is 55.6 Å². The third-order valence-corrected chi connectivity index (χ3v) is 7.48. The predicted molar refractivity (Wildman–Crippen MR) is 131 cm³/mol. The first-order valence-corrected chi connectivity index (χ1v) is 13.2. The SMILES string of the molecule is CC(C)CN(C(=O)c1ncc(C2CC2)cc1NC1COC1)[C@@H]1CNCC(c2nnc(C3CC3)o2)C1. The van der Waals surface area contributed by atoms with Crippen molar-refractivity contribution in [1.29, 1.82) is 0 Å². The van der Waals surface area contributed by atoms with E-state index < -0.39 is 0 Å². The molecule has 2 aromatic rings. The van der Waals surface area contributed by atoms with Crippen molar-refractivity contribution in [3.8, 4) is 0 Å². The van der Waals surface area contributed by atoms with Crippen molar-refractivity contribution in [2.45, 2.75) is 75.8 Å². The Morgan fingerprint density at radius 2 is 1.86 bits per heavy atom. The number of nitrogens with one attached hydrogen (secondary N) is 2. The van der Waals surface area contributed by atoms with Gasteiger partial charge in [0.1, 0.15) is 0 Å². The molecule has 9 nitrogen and oxygen atoms in total. The molecule has 2 saturated carbocycles. The summed E-state index contributed by atoms with van der Waals surface area (Å²) < 4.78 is 11.4. The predicted octanol–water partition coefficient (Wildman–Crippen LogP) is 3.27. The number of hydrogen-bond acceptors (Lipinski definition) is 8. The highest BCUT2D eigenvalue weighted by Gasteiger charge is 2.37. The fourth-order valence-electron chi connectivity index (χ4n) is 5.12. The van der Waals surface area contributed by atoms with Crippen LogP contribution in [0.15, 0.2) is 16.7 Å². The van der Waals surface area contributed by atoms with Crippen LogP contribution in [-0.4, -0.2) is 70.9 Å². The Balaban J connectivity index is 1.24. The maximum atomic E-state index is 14.0. The summed E-state index contributed by atoms with van der Waals surface area (Å²) in [5.74, 6) is 2.92. The third-order valence-electron chi connectivity index (χ3n) is 7.48. The molecule has 4 aliphatic rings. The number of pyridine rings is 1. The lowest BCUT2D eigenvalue weighted by Gasteiger charge is -2.38. The van der Waals surface area contributed by atoms with Gasteiger partial charge in [-0.2, -0.15) is 0 Å². The number of hydrogen-bond donors (Lipinski definition) is 2. The summed E-state index contributed by atoms with van der Waals surface area (Å²) in [6.07, 6.45) is 7.39. The lowest BCUT2D eigenvalue weighted by Crippen LogP contribution is -2.52. The first-order valence-electron chi connectivity index (χ1n) is 13.2. The van der Waals surface area contributed by atoms with Gasteiger partial charge >= 0.3 is 0 Å². The number of anilines is 1. The second-order valence-corrected chi connectivity index (χ2v) is 11.2. The smallest absolute Gasteiger partial charge is 0.274 e. The van der Waals surface area contributed by atoms with E-state index >= 15 is 0 Å². The second-order valence-electron chi connectivity index (χ2n) is 11.2. The highest BCUT2D eigenvalue weighted by atomic mass is 16.5. The Morgan fingerprint density at radius 3 is 2.51 bits per heavy atom. The highest BCUT2D eigenvalue weighted by Crippen LogP contribution is 2.41. The molecule has 1 unspecified atom stereocenters. The molecule has 0 aromatic carbocycles. The molecule has 4 heterocycles. The zero-order valence-electron chi connectivity index (χ0n) is 20.7. The van der Waals surface area contributed by atoms with Crippen LogP contribution in [0.2, 0.25) is 0 Å². The minimum Gasteiger partial charge on any atom is -0.425 e. The maximum absolute atomic E-state index is 14.0. The summed E-state index contributed by atoms with van der Waals surface area (Å²) in [6.45, 7) is 7.85. The quantitative estimate of drug-likeness (QED) is 0.563. The van der Waals surface area contributed by atoms with Gasteiger partial charge in [-0.25, -0.2) is 4.98 Å². The Kier molecular flexibility index (Phi) is 6.22. The van der Waals surface area contributed by atoms with Gasteiger partial charge in [0, 0.05) is 37.8 Å². The minimum absolute atomic E-state index is 0.0135. The summed E-state index contributed by atoms with van der Waals surface area (Å²) >= 11 is 0. The van der Waals surface area contributed by atoms with Gasteiger partial charge in [0.15, 0.2) is 5.69 Å². The number of nitrogens with zero attached hydrogens (tertiary/aromatic N) is 4. The number of rotatable bonds is 9. The van der Waals surface area contributed by atoms with Crippen LogP contribution in [0, 0.1) is 5.92 Å². The summed E-state index contributed by atoms with van der Waals surface area (Å²) in [4.78, 5) is 20.8. The summed E-state index contributed by atoms with van der Waals surface area (Å²) in [7, 11) is 0. The second kappa shape index (κ2) is 9.50. The molecule has 4 fully saturated rings. The van der Waals surface area contributed by atoms with E-state index in [4.69, 9.17) is 14.1 Å². The summed E-state index contributed by atoms with van der Waals surface area (Å²) in [5, 5.41) is 15.7. The van der Waals surface area contributed by atoms with E-state index in [-0.39, 0.29) is 23.9 Å². The van der Waals surface area contributed by atoms with Gasteiger partial charge < -0.3 is 24.7 Å². The van der Waals surface area contributed by atoms with Crippen molar-refractivity contribution < 1.29 is 13.9 Å². The number of amides is 1. The number of ether oxygens (including phenoxy) is 1. The van der Waals surface area contributed by atoms with Gasteiger partial charge in [0.05, 0.1) is 30.9 Å². The van der Waals surface area contributed by atoms with Crippen LogP contribution in [0.3, 0.4) is 0 Å². The molecule has 0 radical (unpaired) electrons. The van der Waals surface area contributed by atoms with E-state index in [0.29, 0.717) is 49.1 Å². The molecule has 1 amide bonds. The molecule has 188 valence electrons. The van der Waals surface area contributed by atoms with E-state index in [0.717, 1.165) is 43.9 Å². The first kappa shape index (κ1) is 22.9. The van der Waals surface area contributed by atoms with Crippen molar-refractivity contribution in [2.24, 2.45) is 5.92 Å². The molecule has 2 atom stereocenters. The molecule has 0 bridgehead atoms. The van der Waals surface area contributed by atoms with E-state index in [1.165, 1.54) is 18.4 Å². The summed E-state index contributed by atoms with van der Waals surface area (Å²) in [5.41, 5.74) is 2.58. The van der Waals surface area contributed by atoms with Crippen molar-refractivity contribution in [3.63, 3.8) is 0 Å². The normalized spacial score (nSPS) is 24.9. The lowest BCUT2D eigenvalue weighted by atomic mass is 9.93. The molecular weight excluding hydrogens is 444 g/mol. The molecule has 2 aromatic heterocycles. The Hall–Kier alpha value is -2.52. The monoisotopic (exact) mass is 480 g/mol. The fraction of sp³-hybridized carbons (Fsp3) is 0.692. The van der Waals surface area contributed by atoms with E-state index in [1.807, 2.05) is 11.1 Å². The van der Waals surface area contributed by atoms with Gasteiger partial charge in [-0.3, -0.25) is 4.79 Å². The number of aromatic nitrogens is 3. The molecular formula is C26H36N6O3. The van der Waals surface area contributed by atoms with Crippen LogP contribution in [0.1, 0.15) is 91.5 Å². The van der Waals surface area contributed by atoms with Gasteiger partial charge in [-0.15, -0.1) is 10.2 Å². The molecule has 35 heavy (non-hydrogen) atoms. The van der Waals surface area contributed by atoms with Crippen LogP contribution in [0.5, 0.6) is 0 Å². The zero-order valence-corrected chi connectivity index (χ0v) is 20.7. The molecule has 2 N–H and O–H groups in total. The molecule has 6 rings (SSSR count). The van der Waals surface area contributed by atoms with Crippen molar-refractivity contribution in [1.82, 2.24) is 25.4 Å². The zero-order chi connectivity index (χ0) is 23.9. The topological polar surface area (TPSA) is 105 Å².